The van der Waals surface area contributed by atoms with Crippen LogP contribution in [0.4, 0.5) is 0 Å². The monoisotopic (exact) mass is 349 g/mol. The summed E-state index contributed by atoms with van der Waals surface area (Å²) in [6.45, 7) is 0.311. The zero-order valence-corrected chi connectivity index (χ0v) is 14.5. The Kier molecular flexibility index (Phi) is 6.80. The second-order valence-corrected chi connectivity index (χ2v) is 5.80. The molecule has 1 saturated heterocycles. The highest BCUT2D eigenvalue weighted by molar-refractivity contribution is 5.85. The summed E-state index contributed by atoms with van der Waals surface area (Å²) in [5, 5.41) is 0. The van der Waals surface area contributed by atoms with Gasteiger partial charge in [-0.3, -0.25) is 9.59 Å². The van der Waals surface area contributed by atoms with E-state index in [0.717, 1.165) is 0 Å². The maximum absolute atomic E-state index is 12.5. The van der Waals surface area contributed by atoms with E-state index in [1.54, 1.807) is 0 Å². The Morgan fingerprint density at radius 3 is 2.44 bits per heavy atom. The molecule has 136 valence electrons. The average molecular weight is 349 g/mol. The van der Waals surface area contributed by atoms with Gasteiger partial charge in [-0.2, -0.15) is 0 Å². The molecule has 0 N–H and O–H groups in total. The number of carbonyl (C=O) groups excluding carboxylic acids is 3. The van der Waals surface area contributed by atoms with Crippen molar-refractivity contribution in [3.63, 3.8) is 0 Å². The van der Waals surface area contributed by atoms with Crippen LogP contribution in [-0.4, -0.2) is 55.7 Å². The van der Waals surface area contributed by atoms with Gasteiger partial charge in [-0.25, -0.2) is 4.79 Å². The largest absolute Gasteiger partial charge is 0.488 e. The van der Waals surface area contributed by atoms with Crippen LogP contribution in [0.25, 0.3) is 0 Å². The highest BCUT2D eigenvalue weighted by atomic mass is 16.5. The van der Waals surface area contributed by atoms with E-state index in [2.05, 4.69) is 4.74 Å². The van der Waals surface area contributed by atoms with Crippen LogP contribution in [0.3, 0.4) is 0 Å². The first-order chi connectivity index (χ1) is 12.0. The first-order valence-corrected chi connectivity index (χ1v) is 8.21. The average Bonchev–Trinajstić information content (AvgIpc) is 3.05. The summed E-state index contributed by atoms with van der Waals surface area (Å²) < 4.78 is 15.2. The van der Waals surface area contributed by atoms with Crippen molar-refractivity contribution >= 4 is 17.8 Å². The van der Waals surface area contributed by atoms with Crippen molar-refractivity contribution in [1.82, 2.24) is 4.90 Å². The highest BCUT2D eigenvalue weighted by Gasteiger charge is 2.41. The number of benzene rings is 1. The fraction of sp³-hybridized carbons (Fsp3) is 0.500. The van der Waals surface area contributed by atoms with Gasteiger partial charge in [0.05, 0.1) is 20.8 Å². The summed E-state index contributed by atoms with van der Waals surface area (Å²) in [5.41, 5.74) is 0. The number of hydrogen-bond acceptors (Lipinski definition) is 6. The Morgan fingerprint density at radius 1 is 1.08 bits per heavy atom. The normalized spacial score (nSPS) is 19.4. The highest BCUT2D eigenvalue weighted by Crippen LogP contribution is 2.25. The minimum Gasteiger partial charge on any atom is -0.488 e. The Hall–Kier alpha value is -2.57. The second-order valence-electron chi connectivity index (χ2n) is 5.80. The van der Waals surface area contributed by atoms with Gasteiger partial charge in [0.15, 0.2) is 0 Å². The molecule has 0 saturated carbocycles. The molecular weight excluding hydrogens is 326 g/mol. The smallest absolute Gasteiger partial charge is 0.328 e. The summed E-state index contributed by atoms with van der Waals surface area (Å²) in [5.74, 6) is -0.320. The third-order valence-electron chi connectivity index (χ3n) is 4.10. The SMILES string of the molecule is COC(=O)CCCC(=O)N1CC(Oc2ccccc2)C[C@H]1C(=O)OC. The number of nitrogens with zero attached hydrogens (tertiary/aromatic N) is 1. The molecule has 1 aromatic carbocycles. The maximum atomic E-state index is 12.5. The predicted molar refractivity (Wildman–Crippen MR) is 88.9 cm³/mol. The van der Waals surface area contributed by atoms with Crippen LogP contribution >= 0.6 is 0 Å². The zero-order valence-electron chi connectivity index (χ0n) is 14.5. The molecule has 7 heteroatoms. The van der Waals surface area contributed by atoms with Gasteiger partial charge in [0.1, 0.15) is 17.9 Å². The molecule has 1 amide bonds. The molecule has 1 aliphatic heterocycles. The van der Waals surface area contributed by atoms with Crippen molar-refractivity contribution in [3.8, 4) is 5.75 Å². The van der Waals surface area contributed by atoms with E-state index in [1.165, 1.54) is 19.1 Å². The zero-order chi connectivity index (χ0) is 18.2. The summed E-state index contributed by atoms with van der Waals surface area (Å²) in [7, 11) is 2.61. The molecule has 0 aliphatic carbocycles. The van der Waals surface area contributed by atoms with Gasteiger partial charge in [0, 0.05) is 19.3 Å². The molecule has 0 bridgehead atoms. The third-order valence-corrected chi connectivity index (χ3v) is 4.10. The predicted octanol–water partition coefficient (Wildman–Crippen LogP) is 1.55. The maximum Gasteiger partial charge on any atom is 0.328 e. The molecular formula is C18H23NO6. The molecule has 2 atom stereocenters. The Morgan fingerprint density at radius 2 is 1.80 bits per heavy atom. The number of methoxy groups -OCH3 is 2. The summed E-state index contributed by atoms with van der Waals surface area (Å²) in [4.78, 5) is 37.1. The van der Waals surface area contributed by atoms with Gasteiger partial charge >= 0.3 is 11.9 Å². The van der Waals surface area contributed by atoms with E-state index < -0.39 is 12.0 Å². The first-order valence-electron chi connectivity index (χ1n) is 8.21. The molecule has 1 aromatic rings. The van der Waals surface area contributed by atoms with E-state index >= 15 is 0 Å². The lowest BCUT2D eigenvalue weighted by atomic mass is 10.2. The number of hydrogen-bond donors (Lipinski definition) is 0. The lowest BCUT2D eigenvalue weighted by Gasteiger charge is -2.22. The van der Waals surface area contributed by atoms with Gasteiger partial charge in [-0.15, -0.1) is 0 Å². The van der Waals surface area contributed by atoms with Crippen LogP contribution in [0.2, 0.25) is 0 Å². The Bertz CT molecular complexity index is 603. The summed E-state index contributed by atoms with van der Waals surface area (Å²) in [6, 6.07) is 8.59. The van der Waals surface area contributed by atoms with Crippen LogP contribution in [0.1, 0.15) is 25.7 Å². The molecule has 0 aromatic heterocycles. The van der Waals surface area contributed by atoms with Crippen molar-refractivity contribution in [2.75, 3.05) is 20.8 Å². The van der Waals surface area contributed by atoms with E-state index in [4.69, 9.17) is 9.47 Å². The van der Waals surface area contributed by atoms with Crippen LogP contribution < -0.4 is 4.74 Å². The molecule has 1 aliphatic rings. The fourth-order valence-electron chi connectivity index (χ4n) is 2.84. The first kappa shape index (κ1) is 18.8. The van der Waals surface area contributed by atoms with E-state index in [9.17, 15) is 14.4 Å². The Balaban J connectivity index is 1.97. The van der Waals surface area contributed by atoms with Gasteiger partial charge in [-0.05, 0) is 18.6 Å². The van der Waals surface area contributed by atoms with Crippen LogP contribution in [0.5, 0.6) is 5.75 Å². The quantitative estimate of drug-likeness (QED) is 0.695. The number of amides is 1. The second kappa shape index (κ2) is 9.05. The van der Waals surface area contributed by atoms with E-state index in [1.807, 2.05) is 30.3 Å². The van der Waals surface area contributed by atoms with Crippen molar-refractivity contribution in [2.24, 2.45) is 0 Å². The molecule has 0 spiro atoms. The minimum atomic E-state index is -0.663. The third kappa shape index (κ3) is 5.20. The van der Waals surface area contributed by atoms with Crippen molar-refractivity contribution in [1.29, 1.82) is 0 Å². The fourth-order valence-corrected chi connectivity index (χ4v) is 2.84. The molecule has 1 unspecified atom stereocenters. The van der Waals surface area contributed by atoms with Crippen molar-refractivity contribution in [2.45, 2.75) is 37.8 Å². The van der Waals surface area contributed by atoms with Gasteiger partial charge in [-0.1, -0.05) is 18.2 Å². The molecule has 1 heterocycles. The molecule has 0 radical (unpaired) electrons. The van der Waals surface area contributed by atoms with Crippen LogP contribution in [-0.2, 0) is 23.9 Å². The Labute approximate surface area is 146 Å². The van der Waals surface area contributed by atoms with Gasteiger partial charge in [0.25, 0.3) is 0 Å². The van der Waals surface area contributed by atoms with Crippen LogP contribution in [0, 0.1) is 0 Å². The molecule has 25 heavy (non-hydrogen) atoms. The minimum absolute atomic E-state index is 0.167. The number of carbonyl (C=O) groups is 3. The van der Waals surface area contributed by atoms with Gasteiger partial charge in [0.2, 0.25) is 5.91 Å². The van der Waals surface area contributed by atoms with E-state index in [-0.39, 0.29) is 30.8 Å². The number of likely N-dealkylation sites (tertiary alicyclic amines) is 1. The molecule has 2 rings (SSSR count). The topological polar surface area (TPSA) is 82.1 Å². The number of para-hydroxylation sites is 1. The van der Waals surface area contributed by atoms with Gasteiger partial charge < -0.3 is 19.1 Å². The molecule has 7 nitrogen and oxygen atoms in total. The number of ether oxygens (including phenoxy) is 3. The summed E-state index contributed by atoms with van der Waals surface area (Å²) >= 11 is 0. The van der Waals surface area contributed by atoms with Crippen molar-refractivity contribution in [3.05, 3.63) is 30.3 Å². The van der Waals surface area contributed by atoms with Crippen molar-refractivity contribution < 1.29 is 28.6 Å². The standard InChI is InChI=1S/C18H23NO6/c1-23-17(21)10-6-9-16(20)19-12-14(11-15(19)18(22)24-2)25-13-7-4-3-5-8-13/h3-5,7-8,14-15H,6,9-12H2,1-2H3/t14?,15-/m0/s1. The summed E-state index contributed by atoms with van der Waals surface area (Å²) in [6.07, 6.45) is 0.810. The van der Waals surface area contributed by atoms with E-state index in [0.29, 0.717) is 25.1 Å². The van der Waals surface area contributed by atoms with Crippen LogP contribution in [0.15, 0.2) is 30.3 Å². The molecule has 1 fully saturated rings. The lowest BCUT2D eigenvalue weighted by molar-refractivity contribution is -0.151. The lowest BCUT2D eigenvalue weighted by Crippen LogP contribution is -2.41. The number of esters is 2. The number of rotatable bonds is 7.